The van der Waals surface area contributed by atoms with Gasteiger partial charge in [0.1, 0.15) is 11.5 Å². The third-order valence-electron chi connectivity index (χ3n) is 7.76. The summed E-state index contributed by atoms with van der Waals surface area (Å²) in [6, 6.07) is 12.3. The lowest BCUT2D eigenvalue weighted by Crippen LogP contribution is -2.53. The molecule has 7 nitrogen and oxygen atoms in total. The second-order valence-corrected chi connectivity index (χ2v) is 10.1. The largest absolute Gasteiger partial charge is 0.367 e. The summed E-state index contributed by atoms with van der Waals surface area (Å²) in [5.74, 6) is -0.0324. The van der Waals surface area contributed by atoms with Crippen molar-refractivity contribution < 1.29 is 13.6 Å². The third-order valence-corrected chi connectivity index (χ3v) is 7.76. The molecule has 0 unspecified atom stereocenters. The highest BCUT2D eigenvalue weighted by molar-refractivity contribution is 5.85. The van der Waals surface area contributed by atoms with E-state index < -0.39 is 5.67 Å². The molecule has 37 heavy (non-hydrogen) atoms. The first-order valence-electron chi connectivity index (χ1n) is 12.9. The zero-order valence-corrected chi connectivity index (χ0v) is 20.6. The summed E-state index contributed by atoms with van der Waals surface area (Å²) in [5, 5.41) is 0. The van der Waals surface area contributed by atoms with Crippen LogP contribution < -0.4 is 0 Å². The number of alkyl halides is 1. The molecule has 0 atom stereocenters. The van der Waals surface area contributed by atoms with E-state index in [1.165, 1.54) is 17.7 Å². The summed E-state index contributed by atoms with van der Waals surface area (Å²) in [5.41, 5.74) is 1.49. The molecule has 0 aliphatic carbocycles. The molecule has 2 fully saturated rings. The number of nitrogens with one attached hydrogen (secondary N) is 1. The number of H-pyrrole nitrogens is 1. The highest BCUT2D eigenvalue weighted by Gasteiger charge is 2.45. The topological polar surface area (TPSA) is 70.1 Å². The van der Waals surface area contributed by atoms with Crippen LogP contribution >= 0.6 is 0 Å². The molecule has 0 radical (unpaired) electrons. The maximum absolute atomic E-state index is 15.8. The van der Waals surface area contributed by atoms with Crippen molar-refractivity contribution in [1.82, 2.24) is 29.3 Å². The number of imidazole rings is 1. The fourth-order valence-corrected chi connectivity index (χ4v) is 5.72. The highest BCUT2D eigenvalue weighted by Crippen LogP contribution is 2.35. The Hall–Kier alpha value is -3.59. The Bertz CT molecular complexity index is 1370. The predicted octanol–water partition coefficient (Wildman–Crippen LogP) is 4.73. The van der Waals surface area contributed by atoms with E-state index in [1.54, 1.807) is 17.2 Å². The Morgan fingerprint density at radius 1 is 1.08 bits per heavy atom. The lowest BCUT2D eigenvalue weighted by molar-refractivity contribution is -0.148. The molecule has 1 amide bonds. The minimum Gasteiger partial charge on any atom is -0.367 e. The standard InChI is InChI=1S/C28H30F2N6O/c29-21-4-5-25-24(17-21)33-26(23-3-1-2-11-32-23)36(25)22-7-13-35(14-8-22)27(37)28(30)9-15-34(16-10-28)19-20-6-12-31-18-20/h1-6,11-12,17-18,22,31H,7-10,13-16,19H2. The lowest BCUT2D eigenvalue weighted by atomic mass is 9.90. The number of rotatable bonds is 5. The summed E-state index contributed by atoms with van der Waals surface area (Å²) in [6.07, 6.45) is 7.33. The van der Waals surface area contributed by atoms with Gasteiger partial charge < -0.3 is 14.5 Å². The molecular formula is C28H30F2N6O. The number of aromatic nitrogens is 4. The molecule has 4 aromatic rings. The van der Waals surface area contributed by atoms with Crippen molar-refractivity contribution in [3.63, 3.8) is 0 Å². The van der Waals surface area contributed by atoms with Crippen molar-refractivity contribution in [2.75, 3.05) is 26.2 Å². The molecule has 9 heteroatoms. The molecule has 2 aliphatic rings. The van der Waals surface area contributed by atoms with Crippen LogP contribution in [0.4, 0.5) is 8.78 Å². The number of piperidine rings is 2. The van der Waals surface area contributed by atoms with Crippen LogP contribution in [0.15, 0.2) is 61.1 Å². The number of likely N-dealkylation sites (tertiary alicyclic amines) is 2. The molecule has 5 heterocycles. The van der Waals surface area contributed by atoms with Gasteiger partial charge in [0, 0.05) is 76.3 Å². The number of fused-ring (bicyclic) bond motifs is 1. The molecule has 3 aromatic heterocycles. The van der Waals surface area contributed by atoms with Crippen LogP contribution in [0.1, 0.15) is 37.3 Å². The van der Waals surface area contributed by atoms with Gasteiger partial charge in [0.15, 0.2) is 11.5 Å². The summed E-state index contributed by atoms with van der Waals surface area (Å²) >= 11 is 0. The average Bonchev–Trinajstić information content (AvgIpc) is 3.58. The van der Waals surface area contributed by atoms with E-state index in [2.05, 4.69) is 19.4 Å². The van der Waals surface area contributed by atoms with Gasteiger partial charge in [0.2, 0.25) is 0 Å². The van der Waals surface area contributed by atoms with Crippen molar-refractivity contribution in [3.05, 3.63) is 72.4 Å². The second-order valence-electron chi connectivity index (χ2n) is 10.1. The quantitative estimate of drug-likeness (QED) is 0.427. The Morgan fingerprint density at radius 3 is 2.59 bits per heavy atom. The molecular weight excluding hydrogens is 474 g/mol. The third kappa shape index (κ3) is 4.64. The fraction of sp³-hybridized carbons (Fsp3) is 0.393. The van der Waals surface area contributed by atoms with Crippen molar-refractivity contribution in [2.45, 2.75) is 43.9 Å². The Morgan fingerprint density at radius 2 is 1.89 bits per heavy atom. The molecule has 0 spiro atoms. The van der Waals surface area contributed by atoms with E-state index in [9.17, 15) is 9.18 Å². The Balaban J connectivity index is 1.15. The number of aromatic amines is 1. The van der Waals surface area contributed by atoms with Crippen LogP contribution in [0.25, 0.3) is 22.6 Å². The fourth-order valence-electron chi connectivity index (χ4n) is 5.72. The second kappa shape index (κ2) is 9.70. The first-order chi connectivity index (χ1) is 18.0. The number of carbonyl (C=O) groups is 1. The van der Waals surface area contributed by atoms with Crippen LogP contribution in [0, 0.1) is 5.82 Å². The minimum absolute atomic E-state index is 0.0512. The van der Waals surface area contributed by atoms with E-state index in [1.807, 2.05) is 36.7 Å². The summed E-state index contributed by atoms with van der Waals surface area (Å²) in [7, 11) is 0. The Kier molecular flexibility index (Phi) is 6.24. The monoisotopic (exact) mass is 504 g/mol. The molecule has 2 aliphatic heterocycles. The van der Waals surface area contributed by atoms with Gasteiger partial charge in [-0.1, -0.05) is 6.07 Å². The van der Waals surface area contributed by atoms with Crippen molar-refractivity contribution in [3.8, 4) is 11.5 Å². The number of halogens is 2. The maximum atomic E-state index is 15.8. The van der Waals surface area contributed by atoms with Crippen LogP contribution in [0.3, 0.4) is 0 Å². The van der Waals surface area contributed by atoms with Crippen LogP contribution in [0.2, 0.25) is 0 Å². The summed E-state index contributed by atoms with van der Waals surface area (Å²) < 4.78 is 31.9. The SMILES string of the molecule is O=C(N1CCC(n2c(-c3ccccn3)nc3cc(F)ccc32)CC1)C1(F)CCN(Cc2cc[nH]c2)CC1. The van der Waals surface area contributed by atoms with Gasteiger partial charge in [-0.25, -0.2) is 13.8 Å². The zero-order chi connectivity index (χ0) is 25.4. The number of carbonyl (C=O) groups excluding carboxylic acids is 1. The number of hydrogen-bond acceptors (Lipinski definition) is 4. The smallest absolute Gasteiger partial charge is 0.260 e. The predicted molar refractivity (Wildman–Crippen MR) is 137 cm³/mol. The van der Waals surface area contributed by atoms with Gasteiger partial charge in [-0.05, 0) is 48.7 Å². The van der Waals surface area contributed by atoms with Gasteiger partial charge in [0.05, 0.1) is 11.0 Å². The van der Waals surface area contributed by atoms with E-state index >= 15 is 4.39 Å². The van der Waals surface area contributed by atoms with Gasteiger partial charge in [-0.2, -0.15) is 0 Å². The number of benzene rings is 1. The molecule has 192 valence electrons. The number of pyridine rings is 1. The van der Waals surface area contributed by atoms with Crippen molar-refractivity contribution in [1.29, 1.82) is 0 Å². The van der Waals surface area contributed by atoms with Crippen molar-refractivity contribution in [2.24, 2.45) is 0 Å². The van der Waals surface area contributed by atoms with Gasteiger partial charge >= 0.3 is 0 Å². The van der Waals surface area contributed by atoms with Crippen LogP contribution in [-0.2, 0) is 11.3 Å². The Labute approximate surface area is 214 Å². The van der Waals surface area contributed by atoms with Gasteiger partial charge in [0.25, 0.3) is 5.91 Å². The van der Waals surface area contributed by atoms with E-state index in [0.29, 0.717) is 56.1 Å². The van der Waals surface area contributed by atoms with E-state index in [4.69, 9.17) is 4.98 Å². The van der Waals surface area contributed by atoms with Crippen LogP contribution in [-0.4, -0.2) is 67.1 Å². The van der Waals surface area contributed by atoms with Crippen LogP contribution in [0.5, 0.6) is 0 Å². The zero-order valence-electron chi connectivity index (χ0n) is 20.6. The van der Waals surface area contributed by atoms with Gasteiger partial charge in [-0.15, -0.1) is 0 Å². The summed E-state index contributed by atoms with van der Waals surface area (Å²) in [6.45, 7) is 2.85. The molecule has 0 saturated carbocycles. The van der Waals surface area contributed by atoms with E-state index in [-0.39, 0.29) is 30.6 Å². The molecule has 0 bridgehead atoms. The molecule has 6 rings (SSSR count). The first kappa shape index (κ1) is 23.8. The first-order valence-corrected chi connectivity index (χ1v) is 12.9. The molecule has 1 aromatic carbocycles. The number of hydrogen-bond donors (Lipinski definition) is 1. The normalized spacial score (nSPS) is 18.9. The summed E-state index contributed by atoms with van der Waals surface area (Å²) in [4.78, 5) is 29.4. The number of nitrogens with zero attached hydrogens (tertiary/aromatic N) is 5. The molecule has 2 saturated heterocycles. The maximum Gasteiger partial charge on any atom is 0.260 e. The highest BCUT2D eigenvalue weighted by atomic mass is 19.1. The average molecular weight is 505 g/mol. The van der Waals surface area contributed by atoms with E-state index in [0.717, 1.165) is 12.1 Å². The number of amides is 1. The minimum atomic E-state index is -1.81. The van der Waals surface area contributed by atoms with Crippen molar-refractivity contribution >= 4 is 16.9 Å². The molecule has 1 N–H and O–H groups in total. The lowest BCUT2D eigenvalue weighted by Gasteiger charge is -2.40. The van der Waals surface area contributed by atoms with Gasteiger partial charge in [-0.3, -0.25) is 14.7 Å².